The molecule has 2 aromatic heterocycles. The van der Waals surface area contributed by atoms with E-state index in [1.54, 1.807) is 18.0 Å². The van der Waals surface area contributed by atoms with Gasteiger partial charge in [-0.2, -0.15) is 0 Å². The smallest absolute Gasteiger partial charge is 0.259 e. The third-order valence-corrected chi connectivity index (χ3v) is 6.43. The van der Waals surface area contributed by atoms with E-state index in [0.717, 1.165) is 45.9 Å². The lowest BCUT2D eigenvalue weighted by Gasteiger charge is -2.27. The number of hydrogen-bond donors (Lipinski definition) is 3. The van der Waals surface area contributed by atoms with Crippen molar-refractivity contribution in [2.45, 2.75) is 18.5 Å². The Morgan fingerprint density at radius 3 is 3.00 bits per heavy atom. The minimum atomic E-state index is -0.162. The van der Waals surface area contributed by atoms with E-state index in [0.29, 0.717) is 0 Å². The van der Waals surface area contributed by atoms with Crippen LogP contribution in [0.3, 0.4) is 0 Å². The highest BCUT2D eigenvalue weighted by Crippen LogP contribution is 2.32. The highest BCUT2D eigenvalue weighted by molar-refractivity contribution is 8.04. The maximum Gasteiger partial charge on any atom is 0.259 e. The summed E-state index contributed by atoms with van der Waals surface area (Å²) in [6.07, 6.45) is 6.40. The van der Waals surface area contributed by atoms with Crippen LogP contribution in [0.2, 0.25) is 0 Å². The number of aromatic nitrogens is 2. The van der Waals surface area contributed by atoms with Gasteiger partial charge in [0.25, 0.3) is 5.91 Å². The molecule has 0 spiro atoms. The highest BCUT2D eigenvalue weighted by atomic mass is 35.5. The predicted molar refractivity (Wildman–Crippen MR) is 120 cm³/mol. The lowest BCUT2D eigenvalue weighted by Crippen LogP contribution is -2.42. The van der Waals surface area contributed by atoms with Crippen molar-refractivity contribution in [3.05, 3.63) is 71.0 Å². The van der Waals surface area contributed by atoms with Gasteiger partial charge in [-0.3, -0.25) is 4.79 Å². The number of pyridine rings is 1. The van der Waals surface area contributed by atoms with Crippen LogP contribution in [0.4, 0.5) is 5.69 Å². The lowest BCUT2D eigenvalue weighted by molar-refractivity contribution is -0.117. The SMILES string of the molecule is Cl.N[C@H]1c2ccccc2C[C@H]1NC(=O)C1=CN(c2ccnc3[nH]ccc23)CCS1. The summed E-state index contributed by atoms with van der Waals surface area (Å²) in [6.45, 7) is 0.847. The molecule has 150 valence electrons. The number of amides is 1. The summed E-state index contributed by atoms with van der Waals surface area (Å²) in [4.78, 5) is 23.3. The van der Waals surface area contributed by atoms with Gasteiger partial charge in [-0.25, -0.2) is 4.98 Å². The molecule has 0 radical (unpaired) electrons. The van der Waals surface area contributed by atoms with Crippen molar-refractivity contribution in [3.63, 3.8) is 0 Å². The van der Waals surface area contributed by atoms with Crippen LogP contribution in [-0.2, 0) is 11.2 Å². The van der Waals surface area contributed by atoms with Crippen molar-refractivity contribution in [2.24, 2.45) is 5.73 Å². The average Bonchev–Trinajstić information content (AvgIpc) is 3.33. The molecule has 8 heteroatoms. The maximum absolute atomic E-state index is 12.9. The minimum Gasteiger partial charge on any atom is -0.347 e. The Morgan fingerprint density at radius 2 is 2.14 bits per heavy atom. The number of fused-ring (bicyclic) bond motifs is 2. The number of aromatic amines is 1. The quantitative estimate of drug-likeness (QED) is 0.597. The van der Waals surface area contributed by atoms with Crippen LogP contribution in [0.1, 0.15) is 17.2 Å². The van der Waals surface area contributed by atoms with Gasteiger partial charge in [0.1, 0.15) is 5.65 Å². The number of anilines is 1. The zero-order valence-corrected chi connectivity index (χ0v) is 17.3. The van der Waals surface area contributed by atoms with Crippen LogP contribution in [0.25, 0.3) is 11.0 Å². The molecule has 6 nitrogen and oxygen atoms in total. The normalized spacial score (nSPS) is 20.7. The largest absolute Gasteiger partial charge is 0.347 e. The van der Waals surface area contributed by atoms with E-state index in [1.165, 1.54) is 5.56 Å². The third kappa shape index (κ3) is 3.61. The van der Waals surface area contributed by atoms with Crippen molar-refractivity contribution >= 4 is 46.8 Å². The van der Waals surface area contributed by atoms with Crippen LogP contribution in [0.15, 0.2) is 59.9 Å². The van der Waals surface area contributed by atoms with Gasteiger partial charge < -0.3 is 20.9 Å². The molecule has 29 heavy (non-hydrogen) atoms. The van der Waals surface area contributed by atoms with Gasteiger partial charge >= 0.3 is 0 Å². The molecular weight excluding hydrogens is 406 g/mol. The molecule has 1 aromatic carbocycles. The lowest BCUT2D eigenvalue weighted by atomic mass is 10.1. The molecule has 1 aliphatic carbocycles. The van der Waals surface area contributed by atoms with Crippen LogP contribution in [0, 0.1) is 0 Å². The van der Waals surface area contributed by atoms with Gasteiger partial charge in [-0.05, 0) is 29.7 Å². The number of rotatable bonds is 3. The second-order valence-corrected chi connectivity index (χ2v) is 8.25. The van der Waals surface area contributed by atoms with Crippen LogP contribution in [-0.4, -0.2) is 34.2 Å². The first-order chi connectivity index (χ1) is 13.7. The number of halogens is 1. The molecule has 1 amide bonds. The molecule has 1 aliphatic heterocycles. The summed E-state index contributed by atoms with van der Waals surface area (Å²) >= 11 is 1.59. The number of carbonyl (C=O) groups excluding carboxylic acids is 1. The highest BCUT2D eigenvalue weighted by Gasteiger charge is 2.31. The fourth-order valence-electron chi connectivity index (χ4n) is 4.01. The van der Waals surface area contributed by atoms with Gasteiger partial charge in [0.2, 0.25) is 0 Å². The van der Waals surface area contributed by atoms with Crippen LogP contribution < -0.4 is 16.0 Å². The Morgan fingerprint density at radius 1 is 1.28 bits per heavy atom. The number of benzene rings is 1. The Hall–Kier alpha value is -2.48. The molecule has 4 N–H and O–H groups in total. The molecule has 0 unspecified atom stereocenters. The van der Waals surface area contributed by atoms with E-state index < -0.39 is 0 Å². The van der Waals surface area contributed by atoms with Crippen molar-refractivity contribution in [1.29, 1.82) is 0 Å². The topological polar surface area (TPSA) is 87.0 Å². The maximum atomic E-state index is 12.9. The fraction of sp³-hybridized carbons (Fsp3) is 0.238. The van der Waals surface area contributed by atoms with E-state index in [4.69, 9.17) is 5.73 Å². The monoisotopic (exact) mass is 427 g/mol. The van der Waals surface area contributed by atoms with Gasteiger partial charge in [-0.1, -0.05) is 24.3 Å². The first-order valence-corrected chi connectivity index (χ1v) is 10.4. The second kappa shape index (κ2) is 8.10. The third-order valence-electron chi connectivity index (χ3n) is 5.44. The summed E-state index contributed by atoms with van der Waals surface area (Å²) in [5, 5.41) is 4.21. The number of thioether (sulfide) groups is 1. The Labute approximate surface area is 179 Å². The number of H-pyrrole nitrogens is 1. The van der Waals surface area contributed by atoms with Gasteiger partial charge in [0.15, 0.2) is 0 Å². The first kappa shape index (κ1) is 19.8. The van der Waals surface area contributed by atoms with Gasteiger partial charge in [0.05, 0.1) is 22.7 Å². The van der Waals surface area contributed by atoms with E-state index in [9.17, 15) is 4.79 Å². The van der Waals surface area contributed by atoms with Crippen molar-refractivity contribution in [2.75, 3.05) is 17.2 Å². The fourth-order valence-corrected chi connectivity index (χ4v) is 4.91. The Kier molecular flexibility index (Phi) is 5.54. The molecule has 2 atom stereocenters. The molecule has 0 bridgehead atoms. The van der Waals surface area contributed by atoms with Gasteiger partial charge in [-0.15, -0.1) is 24.2 Å². The van der Waals surface area contributed by atoms with E-state index >= 15 is 0 Å². The zero-order chi connectivity index (χ0) is 19.1. The average molecular weight is 428 g/mol. The molecule has 3 aromatic rings. The van der Waals surface area contributed by atoms with Crippen molar-refractivity contribution in [1.82, 2.24) is 15.3 Å². The second-order valence-electron chi connectivity index (χ2n) is 7.11. The van der Waals surface area contributed by atoms with E-state index in [-0.39, 0.29) is 30.4 Å². The molecule has 0 saturated heterocycles. The summed E-state index contributed by atoms with van der Waals surface area (Å²) in [5.74, 6) is 0.798. The molecule has 5 rings (SSSR count). The number of hydrogen-bond acceptors (Lipinski definition) is 5. The van der Waals surface area contributed by atoms with Crippen molar-refractivity contribution in [3.8, 4) is 0 Å². The van der Waals surface area contributed by atoms with Crippen LogP contribution >= 0.6 is 24.2 Å². The molecular formula is C21H22ClN5OS. The van der Waals surface area contributed by atoms with E-state index in [1.807, 2.05) is 42.7 Å². The molecule has 0 saturated carbocycles. The summed E-state index contributed by atoms with van der Waals surface area (Å²) < 4.78 is 0. The summed E-state index contributed by atoms with van der Waals surface area (Å²) in [6, 6.07) is 11.9. The van der Waals surface area contributed by atoms with Crippen LogP contribution in [0.5, 0.6) is 0 Å². The zero-order valence-electron chi connectivity index (χ0n) is 15.7. The summed E-state index contributed by atoms with van der Waals surface area (Å²) in [7, 11) is 0. The Balaban J connectivity index is 0.00000205. The minimum absolute atomic E-state index is 0. The summed E-state index contributed by atoms with van der Waals surface area (Å²) in [5.41, 5.74) is 10.6. The molecule has 3 heterocycles. The molecule has 0 fully saturated rings. The van der Waals surface area contributed by atoms with Crippen molar-refractivity contribution < 1.29 is 4.79 Å². The first-order valence-electron chi connectivity index (χ1n) is 9.38. The Bertz CT molecular complexity index is 1080. The molecule has 2 aliphatic rings. The number of nitrogens with two attached hydrogens (primary N) is 1. The number of carbonyl (C=O) groups is 1. The van der Waals surface area contributed by atoms with Gasteiger partial charge in [0, 0.05) is 36.3 Å². The number of nitrogens with one attached hydrogen (secondary N) is 2. The number of nitrogens with zero attached hydrogens (tertiary/aromatic N) is 2. The standard InChI is InChI=1S/C21H21N5OS.ClH/c22-19-14-4-2-1-3-13(14)11-16(19)25-21(27)18-12-26(9-10-28-18)17-6-8-24-20-15(17)5-7-23-20;/h1-8,12,16,19H,9-11,22H2,(H,23,24)(H,25,27);1H/t16-,19+;/m1./s1. The van der Waals surface area contributed by atoms with E-state index in [2.05, 4.69) is 26.3 Å². The predicted octanol–water partition coefficient (Wildman–Crippen LogP) is 3.12.